The minimum Gasteiger partial charge on any atom is -0.464 e. The Morgan fingerprint density at radius 1 is 1.00 bits per heavy atom. The molecule has 1 aromatic heterocycles. The molecule has 2 amide bonds. The van der Waals surface area contributed by atoms with Gasteiger partial charge in [0.2, 0.25) is 15.9 Å². The molecule has 1 fully saturated rings. The zero-order valence-electron chi connectivity index (χ0n) is 18.0. The Hall–Kier alpha value is -3.17. The zero-order chi connectivity index (χ0) is 22.9. The van der Waals surface area contributed by atoms with Crippen molar-refractivity contribution in [3.63, 3.8) is 0 Å². The Balaban J connectivity index is 1.36. The smallest absolute Gasteiger partial charge is 0.269 e. The lowest BCUT2D eigenvalue weighted by Gasteiger charge is -2.15. The normalized spacial score (nSPS) is 14.6. The van der Waals surface area contributed by atoms with Crippen LogP contribution in [0.5, 0.6) is 0 Å². The van der Waals surface area contributed by atoms with E-state index in [1.54, 1.807) is 6.26 Å². The first kappa shape index (κ1) is 22.0. The van der Waals surface area contributed by atoms with Crippen molar-refractivity contribution >= 4 is 32.8 Å². The number of hydrogen-bond acceptors (Lipinski definition) is 5. The summed E-state index contributed by atoms with van der Waals surface area (Å²) in [5, 5.41) is 0.865. The van der Waals surface area contributed by atoms with Gasteiger partial charge in [0.25, 0.3) is 5.91 Å². The summed E-state index contributed by atoms with van der Waals surface area (Å²) in [7, 11) is -3.54. The minimum atomic E-state index is -3.54. The molecule has 1 aliphatic heterocycles. The van der Waals surface area contributed by atoms with Gasteiger partial charge in [0.05, 0.1) is 17.6 Å². The molecule has 168 valence electrons. The van der Waals surface area contributed by atoms with Gasteiger partial charge >= 0.3 is 0 Å². The van der Waals surface area contributed by atoms with Gasteiger partial charge in [0.15, 0.2) is 0 Å². The second kappa shape index (κ2) is 8.76. The Kier molecular flexibility index (Phi) is 6.03. The SMILES string of the molecule is Cc1cc2occ(CC(=O)NNC(=O)c3ccc(S(=O)(=O)N4CCCC4)cc3)c2cc1C. The Bertz CT molecular complexity index is 1270. The third-order valence-corrected chi connectivity index (χ3v) is 7.67. The number of nitrogens with zero attached hydrogens (tertiary/aromatic N) is 1. The predicted octanol–water partition coefficient (Wildman–Crippen LogP) is 2.84. The fourth-order valence-electron chi connectivity index (χ4n) is 3.74. The lowest BCUT2D eigenvalue weighted by atomic mass is 10.0. The molecular weight excluding hydrogens is 430 g/mol. The lowest BCUT2D eigenvalue weighted by Crippen LogP contribution is -2.42. The molecule has 1 aliphatic rings. The van der Waals surface area contributed by atoms with E-state index in [1.165, 1.54) is 28.6 Å². The van der Waals surface area contributed by atoms with Gasteiger partial charge in [-0.25, -0.2) is 8.42 Å². The number of aryl methyl sites for hydroxylation is 2. The van der Waals surface area contributed by atoms with E-state index in [-0.39, 0.29) is 16.9 Å². The maximum atomic E-state index is 12.6. The van der Waals surface area contributed by atoms with Gasteiger partial charge in [-0.1, -0.05) is 0 Å². The second-order valence-corrected chi connectivity index (χ2v) is 9.95. The van der Waals surface area contributed by atoms with E-state index in [4.69, 9.17) is 4.42 Å². The van der Waals surface area contributed by atoms with Crippen LogP contribution < -0.4 is 10.9 Å². The van der Waals surface area contributed by atoms with E-state index < -0.39 is 21.8 Å². The van der Waals surface area contributed by atoms with Crippen molar-refractivity contribution in [2.45, 2.75) is 38.0 Å². The van der Waals surface area contributed by atoms with Gasteiger partial charge in [0.1, 0.15) is 5.58 Å². The Morgan fingerprint density at radius 2 is 1.66 bits per heavy atom. The highest BCUT2D eigenvalue weighted by molar-refractivity contribution is 7.89. The minimum absolute atomic E-state index is 0.0444. The van der Waals surface area contributed by atoms with Crippen molar-refractivity contribution in [2.24, 2.45) is 0 Å². The van der Waals surface area contributed by atoms with Gasteiger partial charge in [0, 0.05) is 29.6 Å². The number of benzene rings is 2. The molecule has 2 aromatic carbocycles. The van der Waals surface area contributed by atoms with Crippen LogP contribution in [0.4, 0.5) is 0 Å². The zero-order valence-corrected chi connectivity index (χ0v) is 18.8. The third kappa shape index (κ3) is 4.39. The van der Waals surface area contributed by atoms with Gasteiger partial charge in [-0.3, -0.25) is 20.4 Å². The first-order chi connectivity index (χ1) is 15.3. The van der Waals surface area contributed by atoms with Crippen LogP contribution in [-0.4, -0.2) is 37.6 Å². The number of fused-ring (bicyclic) bond motifs is 1. The molecule has 0 saturated carbocycles. The van der Waals surface area contributed by atoms with Crippen molar-refractivity contribution in [3.05, 3.63) is 64.9 Å². The molecule has 2 N–H and O–H groups in total. The average molecular weight is 456 g/mol. The van der Waals surface area contributed by atoms with Crippen molar-refractivity contribution in [2.75, 3.05) is 13.1 Å². The summed E-state index contributed by atoms with van der Waals surface area (Å²) >= 11 is 0. The number of amides is 2. The molecule has 0 atom stereocenters. The van der Waals surface area contributed by atoms with E-state index in [0.29, 0.717) is 18.7 Å². The molecule has 32 heavy (non-hydrogen) atoms. The molecular formula is C23H25N3O5S. The van der Waals surface area contributed by atoms with Crippen LogP contribution >= 0.6 is 0 Å². The van der Waals surface area contributed by atoms with E-state index in [1.807, 2.05) is 26.0 Å². The highest BCUT2D eigenvalue weighted by Gasteiger charge is 2.27. The summed E-state index contributed by atoms with van der Waals surface area (Å²) in [5.74, 6) is -0.931. The van der Waals surface area contributed by atoms with Crippen LogP contribution in [0.1, 0.15) is 39.9 Å². The van der Waals surface area contributed by atoms with Crippen molar-refractivity contribution in [3.8, 4) is 0 Å². The van der Waals surface area contributed by atoms with E-state index in [2.05, 4.69) is 10.9 Å². The van der Waals surface area contributed by atoms with Crippen LogP contribution in [0.15, 0.2) is 52.0 Å². The Morgan fingerprint density at radius 3 is 2.34 bits per heavy atom. The lowest BCUT2D eigenvalue weighted by molar-refractivity contribution is -0.121. The van der Waals surface area contributed by atoms with E-state index in [9.17, 15) is 18.0 Å². The molecule has 0 radical (unpaired) electrons. The molecule has 9 heteroatoms. The third-order valence-electron chi connectivity index (χ3n) is 5.76. The number of hydrogen-bond donors (Lipinski definition) is 2. The summed E-state index contributed by atoms with van der Waals surface area (Å²) in [6.45, 7) is 5.02. The quantitative estimate of drug-likeness (QED) is 0.575. The number of carbonyl (C=O) groups is 2. The highest BCUT2D eigenvalue weighted by atomic mass is 32.2. The predicted molar refractivity (Wildman–Crippen MR) is 119 cm³/mol. The number of nitrogens with one attached hydrogen (secondary N) is 2. The molecule has 0 bridgehead atoms. The number of hydrazine groups is 1. The number of sulfonamides is 1. The van der Waals surface area contributed by atoms with Crippen LogP contribution in [0.2, 0.25) is 0 Å². The van der Waals surface area contributed by atoms with Gasteiger partial charge in [-0.15, -0.1) is 0 Å². The monoisotopic (exact) mass is 455 g/mol. The summed E-state index contributed by atoms with van der Waals surface area (Å²) in [4.78, 5) is 24.8. The first-order valence-corrected chi connectivity index (χ1v) is 11.9. The second-order valence-electron chi connectivity index (χ2n) is 8.01. The van der Waals surface area contributed by atoms with Crippen LogP contribution in [0.3, 0.4) is 0 Å². The Labute approximate surface area is 186 Å². The van der Waals surface area contributed by atoms with Crippen LogP contribution in [-0.2, 0) is 21.2 Å². The van der Waals surface area contributed by atoms with Crippen molar-refractivity contribution in [1.29, 1.82) is 0 Å². The maximum absolute atomic E-state index is 12.6. The van der Waals surface area contributed by atoms with Crippen molar-refractivity contribution in [1.82, 2.24) is 15.2 Å². The number of furan rings is 1. The first-order valence-electron chi connectivity index (χ1n) is 10.4. The summed E-state index contributed by atoms with van der Waals surface area (Å²) < 4.78 is 32.1. The fraction of sp³-hybridized carbons (Fsp3) is 0.304. The summed E-state index contributed by atoms with van der Waals surface area (Å²) in [6.07, 6.45) is 3.30. The van der Waals surface area contributed by atoms with Gasteiger partial charge in [-0.2, -0.15) is 4.31 Å². The van der Waals surface area contributed by atoms with Gasteiger partial charge < -0.3 is 4.42 Å². The molecule has 0 unspecified atom stereocenters. The fourth-order valence-corrected chi connectivity index (χ4v) is 5.26. The molecule has 4 rings (SSSR count). The average Bonchev–Trinajstić information content (AvgIpc) is 3.44. The van der Waals surface area contributed by atoms with Crippen LogP contribution in [0, 0.1) is 13.8 Å². The molecule has 1 saturated heterocycles. The standard InChI is InChI=1S/C23H25N3O5S/c1-15-11-20-18(14-31-21(20)12-16(15)2)13-22(27)24-25-23(28)17-5-7-19(8-6-17)32(29,30)26-9-3-4-10-26/h5-8,11-12,14H,3-4,9-10,13H2,1-2H3,(H,24,27)(H,25,28). The summed E-state index contributed by atoms with van der Waals surface area (Å²) in [6, 6.07) is 9.59. The highest BCUT2D eigenvalue weighted by Crippen LogP contribution is 2.25. The number of carbonyl (C=O) groups excluding carboxylic acids is 2. The number of rotatable bonds is 5. The van der Waals surface area contributed by atoms with Crippen molar-refractivity contribution < 1.29 is 22.4 Å². The van der Waals surface area contributed by atoms with E-state index in [0.717, 1.165) is 34.9 Å². The topological polar surface area (TPSA) is 109 Å². The molecule has 8 nitrogen and oxygen atoms in total. The molecule has 0 aliphatic carbocycles. The molecule has 2 heterocycles. The van der Waals surface area contributed by atoms with Crippen LogP contribution in [0.25, 0.3) is 11.0 Å². The van der Waals surface area contributed by atoms with Gasteiger partial charge in [-0.05, 0) is 74.2 Å². The maximum Gasteiger partial charge on any atom is 0.269 e. The summed E-state index contributed by atoms with van der Waals surface area (Å²) in [5.41, 5.74) is 8.65. The van der Waals surface area contributed by atoms with E-state index >= 15 is 0 Å². The largest absolute Gasteiger partial charge is 0.464 e. The molecule has 3 aromatic rings. The molecule has 0 spiro atoms.